The van der Waals surface area contributed by atoms with Gasteiger partial charge in [-0.1, -0.05) is 12.1 Å². The first-order chi connectivity index (χ1) is 7.29. The van der Waals surface area contributed by atoms with Crippen molar-refractivity contribution in [3.8, 4) is 5.75 Å². The van der Waals surface area contributed by atoms with E-state index in [0.29, 0.717) is 0 Å². The van der Waals surface area contributed by atoms with Crippen LogP contribution in [0, 0.1) is 0 Å². The van der Waals surface area contributed by atoms with E-state index < -0.39 is 0 Å². The Morgan fingerprint density at radius 1 is 1.47 bits per heavy atom. The summed E-state index contributed by atoms with van der Waals surface area (Å²) in [4.78, 5) is 0. The lowest BCUT2D eigenvalue weighted by Gasteiger charge is -2.22. The summed E-state index contributed by atoms with van der Waals surface area (Å²) in [5.74, 6) is 0.877. The number of hydrogen-bond donors (Lipinski definition) is 0. The highest BCUT2D eigenvalue weighted by Crippen LogP contribution is 2.33. The van der Waals surface area contributed by atoms with Crippen LogP contribution < -0.4 is 4.74 Å². The predicted octanol–water partition coefficient (Wildman–Crippen LogP) is 3.78. The first-order valence-electron chi connectivity index (χ1n) is 4.96. The Morgan fingerprint density at radius 2 is 2.33 bits per heavy atom. The number of methoxy groups -OCH3 is 1. The quantitative estimate of drug-likeness (QED) is 0.813. The zero-order valence-electron chi connectivity index (χ0n) is 8.57. The van der Waals surface area contributed by atoms with Gasteiger partial charge in [0.2, 0.25) is 0 Å². The fraction of sp³-hybridized carbons (Fsp3) is 0.333. The minimum absolute atomic E-state index is 0.138. The van der Waals surface area contributed by atoms with Crippen molar-refractivity contribution in [2.45, 2.75) is 18.9 Å². The molecule has 15 heavy (non-hydrogen) atoms. The number of allylic oxidation sites excluding steroid dienone is 1. The van der Waals surface area contributed by atoms with E-state index in [1.165, 1.54) is 5.56 Å². The van der Waals surface area contributed by atoms with E-state index in [2.05, 4.69) is 28.1 Å². The van der Waals surface area contributed by atoms with E-state index in [1.54, 1.807) is 7.11 Å². The number of hydrogen-bond acceptors (Lipinski definition) is 2. The van der Waals surface area contributed by atoms with Crippen LogP contribution >= 0.6 is 15.9 Å². The van der Waals surface area contributed by atoms with Gasteiger partial charge in [0.15, 0.2) is 4.67 Å². The third kappa shape index (κ3) is 2.53. The molecule has 3 heteroatoms. The van der Waals surface area contributed by atoms with Crippen LogP contribution in [0.5, 0.6) is 5.75 Å². The summed E-state index contributed by atoms with van der Waals surface area (Å²) in [5.41, 5.74) is 1.17. The van der Waals surface area contributed by atoms with Crippen molar-refractivity contribution < 1.29 is 9.47 Å². The Hall–Kier alpha value is -0.960. The molecule has 2 nitrogen and oxygen atoms in total. The largest absolute Gasteiger partial charge is 0.497 e. The maximum absolute atomic E-state index is 5.69. The smallest absolute Gasteiger partial charge is 0.159 e. The standard InChI is InChI=1S/C12H13BrO2/c1-14-10-5-2-4-9(8-10)11-6-3-7-12(13)15-11/h2,4-5,7-8,11H,3,6H2,1H3. The Kier molecular flexibility index (Phi) is 3.31. The fourth-order valence-electron chi connectivity index (χ4n) is 1.67. The molecule has 0 radical (unpaired) electrons. The van der Waals surface area contributed by atoms with Crippen LogP contribution in [0.2, 0.25) is 0 Å². The molecule has 1 heterocycles. The van der Waals surface area contributed by atoms with Gasteiger partial charge in [0, 0.05) is 0 Å². The molecule has 80 valence electrons. The van der Waals surface area contributed by atoms with E-state index in [-0.39, 0.29) is 6.10 Å². The second-order valence-corrected chi connectivity index (χ2v) is 4.25. The van der Waals surface area contributed by atoms with Crippen molar-refractivity contribution in [3.63, 3.8) is 0 Å². The molecule has 0 fully saturated rings. The van der Waals surface area contributed by atoms with E-state index in [1.807, 2.05) is 18.2 Å². The van der Waals surface area contributed by atoms with Gasteiger partial charge in [-0.05, 0) is 52.5 Å². The lowest BCUT2D eigenvalue weighted by molar-refractivity contribution is 0.118. The van der Waals surface area contributed by atoms with E-state index in [0.717, 1.165) is 23.3 Å². The van der Waals surface area contributed by atoms with E-state index in [4.69, 9.17) is 9.47 Å². The molecule has 0 aliphatic carbocycles. The Morgan fingerprint density at radius 3 is 3.07 bits per heavy atom. The second-order valence-electron chi connectivity index (χ2n) is 3.47. The molecule has 1 aromatic carbocycles. The zero-order chi connectivity index (χ0) is 10.7. The Bertz CT molecular complexity index is 374. The molecule has 0 saturated heterocycles. The summed E-state index contributed by atoms with van der Waals surface area (Å²) in [6.45, 7) is 0. The second kappa shape index (κ2) is 4.71. The SMILES string of the molecule is COc1cccc(C2CCC=C(Br)O2)c1. The number of benzene rings is 1. The molecular weight excluding hydrogens is 256 g/mol. The summed E-state index contributed by atoms with van der Waals surface area (Å²) in [5, 5.41) is 0. The van der Waals surface area contributed by atoms with Gasteiger partial charge in [0.25, 0.3) is 0 Å². The Labute approximate surface area is 98.0 Å². The topological polar surface area (TPSA) is 18.5 Å². The van der Waals surface area contributed by atoms with Gasteiger partial charge in [-0.3, -0.25) is 0 Å². The van der Waals surface area contributed by atoms with Gasteiger partial charge < -0.3 is 9.47 Å². The van der Waals surface area contributed by atoms with Crippen LogP contribution in [-0.4, -0.2) is 7.11 Å². The molecule has 1 aromatic rings. The summed E-state index contributed by atoms with van der Waals surface area (Å²) in [7, 11) is 1.68. The minimum atomic E-state index is 0.138. The molecule has 0 bridgehead atoms. The third-order valence-corrected chi connectivity index (χ3v) is 2.96. The first-order valence-corrected chi connectivity index (χ1v) is 5.75. The molecular formula is C12H13BrO2. The predicted molar refractivity (Wildman–Crippen MR) is 63.1 cm³/mol. The average Bonchev–Trinajstić information content (AvgIpc) is 2.29. The highest BCUT2D eigenvalue weighted by Gasteiger charge is 2.17. The maximum Gasteiger partial charge on any atom is 0.159 e. The van der Waals surface area contributed by atoms with Gasteiger partial charge >= 0.3 is 0 Å². The van der Waals surface area contributed by atoms with Crippen LogP contribution in [0.25, 0.3) is 0 Å². The number of halogens is 1. The van der Waals surface area contributed by atoms with Gasteiger partial charge in [-0.25, -0.2) is 0 Å². The lowest BCUT2D eigenvalue weighted by atomic mass is 10.0. The molecule has 0 aromatic heterocycles. The molecule has 1 atom stereocenters. The lowest BCUT2D eigenvalue weighted by Crippen LogP contribution is -2.06. The van der Waals surface area contributed by atoms with Crippen molar-refractivity contribution >= 4 is 15.9 Å². The van der Waals surface area contributed by atoms with Crippen molar-refractivity contribution in [1.82, 2.24) is 0 Å². The van der Waals surface area contributed by atoms with Crippen molar-refractivity contribution in [2.24, 2.45) is 0 Å². The van der Waals surface area contributed by atoms with Gasteiger partial charge in [0.1, 0.15) is 11.9 Å². The molecule has 0 amide bonds. The van der Waals surface area contributed by atoms with Crippen molar-refractivity contribution in [1.29, 1.82) is 0 Å². The zero-order valence-corrected chi connectivity index (χ0v) is 10.2. The summed E-state index contributed by atoms with van der Waals surface area (Å²) < 4.78 is 11.7. The molecule has 0 N–H and O–H groups in total. The van der Waals surface area contributed by atoms with E-state index in [9.17, 15) is 0 Å². The van der Waals surface area contributed by atoms with Crippen LogP contribution in [0.1, 0.15) is 24.5 Å². The monoisotopic (exact) mass is 268 g/mol. The summed E-state index contributed by atoms with van der Waals surface area (Å²) >= 11 is 3.37. The Balaban J connectivity index is 2.18. The minimum Gasteiger partial charge on any atom is -0.497 e. The maximum atomic E-state index is 5.69. The van der Waals surface area contributed by atoms with Crippen molar-refractivity contribution in [2.75, 3.05) is 7.11 Å². The molecule has 2 rings (SSSR count). The molecule has 0 saturated carbocycles. The number of ether oxygens (including phenoxy) is 2. The fourth-order valence-corrected chi connectivity index (χ4v) is 2.12. The third-order valence-electron chi connectivity index (χ3n) is 2.45. The highest BCUT2D eigenvalue weighted by atomic mass is 79.9. The van der Waals surface area contributed by atoms with E-state index >= 15 is 0 Å². The number of rotatable bonds is 2. The highest BCUT2D eigenvalue weighted by molar-refractivity contribution is 9.11. The van der Waals surface area contributed by atoms with Crippen LogP contribution in [0.3, 0.4) is 0 Å². The van der Waals surface area contributed by atoms with Crippen molar-refractivity contribution in [3.05, 3.63) is 40.6 Å². The normalized spacial score (nSPS) is 20.4. The molecule has 1 unspecified atom stereocenters. The summed E-state index contributed by atoms with van der Waals surface area (Å²) in [6, 6.07) is 8.02. The molecule has 1 aliphatic rings. The summed E-state index contributed by atoms with van der Waals surface area (Å²) in [6.07, 6.45) is 4.25. The van der Waals surface area contributed by atoms with Gasteiger partial charge in [-0.15, -0.1) is 0 Å². The van der Waals surface area contributed by atoms with Crippen LogP contribution in [0.15, 0.2) is 35.0 Å². The van der Waals surface area contributed by atoms with Crippen LogP contribution in [0.4, 0.5) is 0 Å². The molecule has 0 spiro atoms. The van der Waals surface area contributed by atoms with Gasteiger partial charge in [0.05, 0.1) is 7.11 Å². The van der Waals surface area contributed by atoms with Gasteiger partial charge in [-0.2, -0.15) is 0 Å². The van der Waals surface area contributed by atoms with Crippen LogP contribution in [-0.2, 0) is 4.74 Å². The average molecular weight is 269 g/mol. The first kappa shape index (κ1) is 10.6. The molecule has 1 aliphatic heterocycles.